The predicted octanol–water partition coefficient (Wildman–Crippen LogP) is 9.12. The molecule has 0 aliphatic heterocycles. The van der Waals surface area contributed by atoms with E-state index in [1.807, 2.05) is 0 Å². The predicted molar refractivity (Wildman–Crippen MR) is 177 cm³/mol. The number of hydrogen-bond acceptors (Lipinski definition) is 7. The zero-order valence-electron chi connectivity index (χ0n) is 27.5. The van der Waals surface area contributed by atoms with E-state index < -0.39 is 46.3 Å². The molecule has 260 valence electrons. The first-order valence-corrected chi connectivity index (χ1v) is 16.2. The molecule has 0 atom stereocenters. The summed E-state index contributed by atoms with van der Waals surface area (Å²) in [6.45, 7) is 4.60. The molecule has 0 unspecified atom stereocenters. The van der Waals surface area contributed by atoms with Crippen LogP contribution in [0.1, 0.15) is 78.1 Å². The Morgan fingerprint density at radius 1 is 0.612 bits per heavy atom. The largest absolute Gasteiger partial charge is 0.493 e. The molecule has 0 amide bonds. The zero-order chi connectivity index (χ0) is 35.3. The van der Waals surface area contributed by atoms with Gasteiger partial charge in [-0.25, -0.2) is 27.2 Å². The van der Waals surface area contributed by atoms with Crippen LogP contribution >= 0.6 is 0 Å². The lowest BCUT2D eigenvalue weighted by Crippen LogP contribution is -2.17. The van der Waals surface area contributed by atoms with Crippen LogP contribution in [0.2, 0.25) is 0 Å². The molecule has 2 N–H and O–H groups in total. The van der Waals surface area contributed by atoms with Crippen molar-refractivity contribution in [2.75, 3.05) is 19.8 Å². The number of carbonyl (C=O) groups is 2. The van der Waals surface area contributed by atoms with Gasteiger partial charge < -0.3 is 24.7 Å². The molecule has 0 heterocycles. The average molecular weight is 682 g/mol. The van der Waals surface area contributed by atoms with Crippen LogP contribution in [-0.2, 0) is 0 Å². The molecule has 7 nitrogen and oxygen atoms in total. The summed E-state index contributed by atoms with van der Waals surface area (Å²) < 4.78 is 78.7. The lowest BCUT2D eigenvalue weighted by molar-refractivity contribution is 0.0715. The number of hydrogen-bond donors (Lipinski definition) is 1. The van der Waals surface area contributed by atoms with Gasteiger partial charge in [-0.1, -0.05) is 56.9 Å². The summed E-state index contributed by atoms with van der Waals surface area (Å²) in [4.78, 5) is 25.6. The van der Waals surface area contributed by atoms with Gasteiger partial charge in [-0.3, -0.25) is 0 Å². The monoisotopic (exact) mass is 681 g/mol. The van der Waals surface area contributed by atoms with Crippen molar-refractivity contribution in [1.29, 1.82) is 0 Å². The quantitative estimate of drug-likeness (QED) is 0.0390. The zero-order valence-corrected chi connectivity index (χ0v) is 27.5. The maximum absolute atomic E-state index is 14.2. The lowest BCUT2D eigenvalue weighted by Gasteiger charge is -2.14. The SMILES string of the molecule is CCCCCOc1ccc(C(=O)Oc2ccc(-c3ccc(OC(=O)c4c(F)c(F)c(C)c(F)c4F)cc3)cc2)c(OCCCCCCN)c1. The lowest BCUT2D eigenvalue weighted by atomic mass is 10.1. The van der Waals surface area contributed by atoms with E-state index in [1.165, 1.54) is 12.1 Å². The molecule has 0 radical (unpaired) electrons. The van der Waals surface area contributed by atoms with Crippen LogP contribution in [0.4, 0.5) is 17.6 Å². The molecule has 0 saturated carbocycles. The van der Waals surface area contributed by atoms with Crippen LogP contribution in [0.5, 0.6) is 23.0 Å². The Morgan fingerprint density at radius 2 is 1.12 bits per heavy atom. The van der Waals surface area contributed by atoms with Gasteiger partial charge in [0.1, 0.15) is 34.1 Å². The first-order chi connectivity index (χ1) is 23.6. The highest BCUT2D eigenvalue weighted by molar-refractivity contribution is 5.94. The number of ether oxygens (including phenoxy) is 4. The molecule has 49 heavy (non-hydrogen) atoms. The van der Waals surface area contributed by atoms with E-state index in [-0.39, 0.29) is 17.1 Å². The van der Waals surface area contributed by atoms with Crippen molar-refractivity contribution in [3.05, 3.63) is 107 Å². The Labute approximate surface area is 282 Å². The summed E-state index contributed by atoms with van der Waals surface area (Å²) in [5.74, 6) is -8.04. The molecule has 4 aromatic carbocycles. The Bertz CT molecular complexity index is 1700. The van der Waals surface area contributed by atoms with Crippen LogP contribution < -0.4 is 24.7 Å². The van der Waals surface area contributed by atoms with Crippen molar-refractivity contribution in [3.8, 4) is 34.1 Å². The van der Waals surface area contributed by atoms with E-state index in [0.29, 0.717) is 42.4 Å². The number of nitrogens with two attached hydrogens (primary N) is 1. The highest BCUT2D eigenvalue weighted by Gasteiger charge is 2.29. The summed E-state index contributed by atoms with van der Waals surface area (Å²) in [6.07, 6.45) is 6.78. The Morgan fingerprint density at radius 3 is 1.69 bits per heavy atom. The molecule has 0 aromatic heterocycles. The van der Waals surface area contributed by atoms with Gasteiger partial charge >= 0.3 is 11.9 Å². The van der Waals surface area contributed by atoms with Gasteiger partial charge in [-0.15, -0.1) is 0 Å². The maximum atomic E-state index is 14.2. The number of rotatable bonds is 17. The van der Waals surface area contributed by atoms with Crippen LogP contribution in [0.25, 0.3) is 11.1 Å². The summed E-state index contributed by atoms with van der Waals surface area (Å²) in [5, 5.41) is 0. The van der Waals surface area contributed by atoms with Crippen molar-refractivity contribution in [2.45, 2.75) is 58.8 Å². The molecule has 4 aromatic rings. The summed E-state index contributed by atoms with van der Waals surface area (Å²) in [5.41, 5.74) is 4.86. The molecule has 0 fully saturated rings. The second kappa shape index (κ2) is 18.0. The molecule has 0 spiro atoms. The van der Waals surface area contributed by atoms with Crippen LogP contribution in [0.15, 0.2) is 66.7 Å². The number of unbranched alkanes of at least 4 members (excludes halogenated alkanes) is 5. The maximum Gasteiger partial charge on any atom is 0.349 e. The van der Waals surface area contributed by atoms with Crippen molar-refractivity contribution in [3.63, 3.8) is 0 Å². The number of benzene rings is 4. The standard InChI is InChI=1S/C38H39F4NO6/c1-3-4-8-21-46-29-18-19-30(31(23-29)47-22-9-6-5-7-20-43)37(44)48-27-14-10-25(11-15-27)26-12-16-28(17-13-26)49-38(45)32-35(41)33(39)24(2)34(40)36(32)42/h10-19,23H,3-9,20-22,43H2,1-2H3. The molecular formula is C38H39F4NO6. The van der Waals surface area contributed by atoms with Crippen molar-refractivity contribution >= 4 is 11.9 Å². The van der Waals surface area contributed by atoms with Crippen molar-refractivity contribution in [1.82, 2.24) is 0 Å². The van der Waals surface area contributed by atoms with Crippen molar-refractivity contribution in [2.24, 2.45) is 5.73 Å². The summed E-state index contributed by atoms with van der Waals surface area (Å²) in [7, 11) is 0. The van der Waals surface area contributed by atoms with Gasteiger partial charge in [0.2, 0.25) is 0 Å². The summed E-state index contributed by atoms with van der Waals surface area (Å²) >= 11 is 0. The van der Waals surface area contributed by atoms with Gasteiger partial charge in [-0.05, 0) is 80.3 Å². The van der Waals surface area contributed by atoms with Gasteiger partial charge in [0.15, 0.2) is 23.3 Å². The third kappa shape index (κ3) is 9.82. The average Bonchev–Trinajstić information content (AvgIpc) is 3.10. The smallest absolute Gasteiger partial charge is 0.349 e. The van der Waals surface area contributed by atoms with Crippen LogP contribution in [0, 0.1) is 30.2 Å². The molecule has 0 aliphatic carbocycles. The number of esters is 2. The van der Waals surface area contributed by atoms with Gasteiger partial charge in [0, 0.05) is 11.6 Å². The molecular weight excluding hydrogens is 642 g/mol. The second-order valence-electron chi connectivity index (χ2n) is 11.3. The fourth-order valence-corrected chi connectivity index (χ4v) is 4.88. The first-order valence-electron chi connectivity index (χ1n) is 16.2. The third-order valence-corrected chi connectivity index (χ3v) is 7.70. The van der Waals surface area contributed by atoms with E-state index in [9.17, 15) is 27.2 Å². The van der Waals surface area contributed by atoms with E-state index in [4.69, 9.17) is 24.7 Å². The van der Waals surface area contributed by atoms with Crippen LogP contribution in [-0.4, -0.2) is 31.7 Å². The van der Waals surface area contributed by atoms with E-state index in [0.717, 1.165) is 51.9 Å². The first kappa shape index (κ1) is 36.9. The van der Waals surface area contributed by atoms with E-state index in [2.05, 4.69) is 6.92 Å². The second-order valence-corrected chi connectivity index (χ2v) is 11.3. The highest BCUT2D eigenvalue weighted by Crippen LogP contribution is 2.30. The van der Waals surface area contributed by atoms with Gasteiger partial charge in [-0.2, -0.15) is 0 Å². The summed E-state index contributed by atoms with van der Waals surface area (Å²) in [6, 6.07) is 17.5. The topological polar surface area (TPSA) is 97.1 Å². The van der Waals surface area contributed by atoms with E-state index in [1.54, 1.807) is 54.6 Å². The highest BCUT2D eigenvalue weighted by atomic mass is 19.2. The Kier molecular flexibility index (Phi) is 13.6. The van der Waals surface area contributed by atoms with Gasteiger partial charge in [0.25, 0.3) is 0 Å². The molecule has 0 saturated heterocycles. The normalized spacial score (nSPS) is 10.9. The minimum Gasteiger partial charge on any atom is -0.493 e. The molecule has 0 aliphatic rings. The van der Waals surface area contributed by atoms with Crippen molar-refractivity contribution < 1.29 is 46.1 Å². The molecule has 4 rings (SSSR count). The third-order valence-electron chi connectivity index (χ3n) is 7.70. The fraction of sp³-hybridized carbons (Fsp3) is 0.316. The Balaban J connectivity index is 1.41. The Hall–Kier alpha value is -4.90. The van der Waals surface area contributed by atoms with Crippen LogP contribution in [0.3, 0.4) is 0 Å². The minimum atomic E-state index is -1.83. The molecule has 0 bridgehead atoms. The van der Waals surface area contributed by atoms with Gasteiger partial charge in [0.05, 0.1) is 13.2 Å². The minimum absolute atomic E-state index is 0.106. The fourth-order valence-electron chi connectivity index (χ4n) is 4.88. The van der Waals surface area contributed by atoms with E-state index >= 15 is 0 Å². The number of carbonyl (C=O) groups excluding carboxylic acids is 2. The molecule has 11 heteroatoms. The number of halogens is 4.